The van der Waals surface area contributed by atoms with Gasteiger partial charge in [0.2, 0.25) is 0 Å². The molecule has 15 heavy (non-hydrogen) atoms. The lowest BCUT2D eigenvalue weighted by atomic mass is 9.88. The van der Waals surface area contributed by atoms with Crippen molar-refractivity contribution in [1.82, 2.24) is 5.32 Å². The Kier molecular flexibility index (Phi) is 5.62. The first-order chi connectivity index (χ1) is 7.28. The zero-order valence-corrected chi connectivity index (χ0v) is 10.8. The van der Waals surface area contributed by atoms with E-state index in [9.17, 15) is 0 Å². The summed E-state index contributed by atoms with van der Waals surface area (Å²) in [4.78, 5) is 0. The molecule has 2 atom stereocenters. The molecule has 0 spiro atoms. The van der Waals surface area contributed by atoms with E-state index in [4.69, 9.17) is 4.74 Å². The van der Waals surface area contributed by atoms with Crippen LogP contribution in [0.3, 0.4) is 0 Å². The summed E-state index contributed by atoms with van der Waals surface area (Å²) in [7, 11) is 2.08. The second kappa shape index (κ2) is 6.49. The largest absolute Gasteiger partial charge is 0.377 e. The van der Waals surface area contributed by atoms with E-state index < -0.39 is 0 Å². The number of nitrogens with one attached hydrogen (secondary N) is 1. The van der Waals surface area contributed by atoms with Gasteiger partial charge in [-0.2, -0.15) is 0 Å². The minimum atomic E-state index is 0.449. The molecule has 0 aromatic heterocycles. The highest BCUT2D eigenvalue weighted by molar-refractivity contribution is 4.92. The molecule has 0 radical (unpaired) electrons. The van der Waals surface area contributed by atoms with Crippen LogP contribution in [0.5, 0.6) is 0 Å². The molecule has 1 fully saturated rings. The monoisotopic (exact) mass is 213 g/mol. The Morgan fingerprint density at radius 3 is 2.13 bits per heavy atom. The Hall–Kier alpha value is -0.0800. The summed E-state index contributed by atoms with van der Waals surface area (Å²) in [6, 6.07) is 0.549. The summed E-state index contributed by atoms with van der Waals surface area (Å²) in [5, 5.41) is 3.49. The maximum absolute atomic E-state index is 5.94. The van der Waals surface area contributed by atoms with Crippen molar-refractivity contribution >= 4 is 0 Å². The van der Waals surface area contributed by atoms with Crippen LogP contribution in [-0.4, -0.2) is 25.8 Å². The molecule has 2 nitrogen and oxygen atoms in total. The molecule has 0 aromatic rings. The van der Waals surface area contributed by atoms with E-state index >= 15 is 0 Å². The molecule has 1 aliphatic rings. The molecule has 0 saturated heterocycles. The molecule has 1 rings (SSSR count). The van der Waals surface area contributed by atoms with Gasteiger partial charge < -0.3 is 10.1 Å². The molecule has 1 saturated carbocycles. The first kappa shape index (κ1) is 13.0. The average molecular weight is 213 g/mol. The molecule has 0 amide bonds. The van der Waals surface area contributed by atoms with Gasteiger partial charge in [-0.05, 0) is 38.6 Å². The predicted octanol–water partition coefficient (Wildman–Crippen LogP) is 2.83. The fourth-order valence-corrected chi connectivity index (χ4v) is 2.61. The van der Waals surface area contributed by atoms with Crippen molar-refractivity contribution in [3.63, 3.8) is 0 Å². The van der Waals surface area contributed by atoms with Crippen LogP contribution in [0.4, 0.5) is 0 Å². The molecule has 0 aromatic carbocycles. The van der Waals surface area contributed by atoms with Crippen LogP contribution in [0.1, 0.15) is 46.5 Å². The van der Waals surface area contributed by atoms with Crippen molar-refractivity contribution in [2.75, 3.05) is 13.7 Å². The molecule has 2 unspecified atom stereocenters. The molecule has 0 bridgehead atoms. The number of rotatable bonds is 8. The molecule has 1 N–H and O–H groups in total. The van der Waals surface area contributed by atoms with Crippen LogP contribution in [0.25, 0.3) is 0 Å². The van der Waals surface area contributed by atoms with Gasteiger partial charge >= 0.3 is 0 Å². The fourth-order valence-electron chi connectivity index (χ4n) is 2.61. The lowest BCUT2D eigenvalue weighted by molar-refractivity contribution is 0.00378. The SMILES string of the molecule is CCOC(C1CC1)C(NC)C(CC)CC. The molecule has 90 valence electrons. The Labute approximate surface area is 94.8 Å². The van der Waals surface area contributed by atoms with Gasteiger partial charge in [-0.15, -0.1) is 0 Å². The Bertz CT molecular complexity index is 164. The van der Waals surface area contributed by atoms with Gasteiger partial charge in [-0.25, -0.2) is 0 Å². The molecule has 0 aliphatic heterocycles. The van der Waals surface area contributed by atoms with Crippen LogP contribution in [0.15, 0.2) is 0 Å². The van der Waals surface area contributed by atoms with Crippen molar-refractivity contribution in [3.8, 4) is 0 Å². The smallest absolute Gasteiger partial charge is 0.0758 e. The summed E-state index contributed by atoms with van der Waals surface area (Å²) >= 11 is 0. The van der Waals surface area contributed by atoms with Crippen LogP contribution in [0, 0.1) is 11.8 Å². The highest BCUT2D eigenvalue weighted by Gasteiger charge is 2.38. The van der Waals surface area contributed by atoms with Gasteiger partial charge in [0.15, 0.2) is 0 Å². The Morgan fingerprint density at radius 1 is 1.20 bits per heavy atom. The Morgan fingerprint density at radius 2 is 1.80 bits per heavy atom. The number of ether oxygens (including phenoxy) is 1. The molecule has 1 aliphatic carbocycles. The standard InChI is InChI=1S/C13H27NO/c1-5-10(6-2)12(14-4)13(15-7-3)11-8-9-11/h10-14H,5-9H2,1-4H3. The normalized spacial score (nSPS) is 20.6. The molecular formula is C13H27NO. The van der Waals surface area contributed by atoms with Gasteiger partial charge in [0.1, 0.15) is 0 Å². The maximum Gasteiger partial charge on any atom is 0.0758 e. The summed E-state index contributed by atoms with van der Waals surface area (Å²) in [5.41, 5.74) is 0. The van der Waals surface area contributed by atoms with Gasteiger partial charge in [0.05, 0.1) is 6.10 Å². The number of likely N-dealkylation sites (N-methyl/N-ethyl adjacent to an activating group) is 1. The lowest BCUT2D eigenvalue weighted by Gasteiger charge is -2.32. The van der Waals surface area contributed by atoms with E-state index in [-0.39, 0.29) is 0 Å². The second-order valence-electron chi connectivity index (χ2n) is 4.65. The summed E-state index contributed by atoms with van der Waals surface area (Å²) in [6.45, 7) is 7.53. The minimum Gasteiger partial charge on any atom is -0.377 e. The fraction of sp³-hybridized carbons (Fsp3) is 1.00. The lowest BCUT2D eigenvalue weighted by Crippen LogP contribution is -2.46. The quantitative estimate of drug-likeness (QED) is 0.669. The third kappa shape index (κ3) is 3.46. The van der Waals surface area contributed by atoms with E-state index in [2.05, 4.69) is 33.1 Å². The van der Waals surface area contributed by atoms with Crippen LogP contribution >= 0.6 is 0 Å². The molecule has 2 heteroatoms. The van der Waals surface area contributed by atoms with Gasteiger partial charge in [0.25, 0.3) is 0 Å². The van der Waals surface area contributed by atoms with Crippen LogP contribution in [0.2, 0.25) is 0 Å². The number of hydrogen-bond donors (Lipinski definition) is 1. The summed E-state index contributed by atoms with van der Waals surface area (Å²) in [6.07, 6.45) is 5.67. The number of hydrogen-bond acceptors (Lipinski definition) is 2. The summed E-state index contributed by atoms with van der Waals surface area (Å²) < 4.78 is 5.94. The van der Waals surface area contributed by atoms with Gasteiger partial charge in [-0.1, -0.05) is 26.7 Å². The first-order valence-electron chi connectivity index (χ1n) is 6.57. The van der Waals surface area contributed by atoms with Crippen molar-refractivity contribution in [3.05, 3.63) is 0 Å². The first-order valence-corrected chi connectivity index (χ1v) is 6.57. The zero-order chi connectivity index (χ0) is 11.3. The zero-order valence-electron chi connectivity index (χ0n) is 10.8. The highest BCUT2D eigenvalue weighted by atomic mass is 16.5. The Balaban J connectivity index is 2.58. The molecular weight excluding hydrogens is 186 g/mol. The van der Waals surface area contributed by atoms with Crippen LogP contribution in [-0.2, 0) is 4.74 Å². The van der Waals surface area contributed by atoms with E-state index in [1.165, 1.54) is 25.7 Å². The van der Waals surface area contributed by atoms with E-state index in [1.54, 1.807) is 0 Å². The third-order valence-electron chi connectivity index (χ3n) is 3.69. The topological polar surface area (TPSA) is 21.3 Å². The van der Waals surface area contributed by atoms with Crippen LogP contribution < -0.4 is 5.32 Å². The predicted molar refractivity (Wildman–Crippen MR) is 65.1 cm³/mol. The second-order valence-corrected chi connectivity index (χ2v) is 4.65. The third-order valence-corrected chi connectivity index (χ3v) is 3.69. The molecule has 0 heterocycles. The van der Waals surface area contributed by atoms with E-state index in [0.717, 1.165) is 18.4 Å². The van der Waals surface area contributed by atoms with Gasteiger partial charge in [0, 0.05) is 12.6 Å². The van der Waals surface area contributed by atoms with Crippen molar-refractivity contribution in [2.45, 2.75) is 58.6 Å². The summed E-state index contributed by atoms with van der Waals surface area (Å²) in [5.74, 6) is 1.58. The van der Waals surface area contributed by atoms with E-state index in [0.29, 0.717) is 12.1 Å². The van der Waals surface area contributed by atoms with Crippen molar-refractivity contribution < 1.29 is 4.74 Å². The van der Waals surface area contributed by atoms with E-state index in [1.807, 2.05) is 0 Å². The van der Waals surface area contributed by atoms with Crippen molar-refractivity contribution in [2.24, 2.45) is 11.8 Å². The van der Waals surface area contributed by atoms with Crippen molar-refractivity contribution in [1.29, 1.82) is 0 Å². The minimum absolute atomic E-state index is 0.449. The maximum atomic E-state index is 5.94. The average Bonchev–Trinajstić information content (AvgIpc) is 3.07. The van der Waals surface area contributed by atoms with Gasteiger partial charge in [-0.3, -0.25) is 0 Å². The highest BCUT2D eigenvalue weighted by Crippen LogP contribution is 2.38.